The first-order valence-electron chi connectivity index (χ1n) is 10.3. The van der Waals surface area contributed by atoms with E-state index >= 15 is 0 Å². The van der Waals surface area contributed by atoms with Crippen molar-refractivity contribution in [2.45, 2.75) is 53.5 Å². The molecule has 1 atom stereocenters. The molecule has 0 aliphatic carbocycles. The van der Waals surface area contributed by atoms with Gasteiger partial charge < -0.3 is 10.1 Å². The van der Waals surface area contributed by atoms with Gasteiger partial charge in [-0.2, -0.15) is 0 Å². The number of nitrogens with zero attached hydrogens (tertiary/aromatic N) is 1. The zero-order chi connectivity index (χ0) is 22.0. The van der Waals surface area contributed by atoms with Gasteiger partial charge in [-0.1, -0.05) is 58.9 Å². The summed E-state index contributed by atoms with van der Waals surface area (Å²) in [6.07, 6.45) is -0.775. The minimum Gasteiger partial charge on any atom is -0.450 e. The molecule has 0 bridgehead atoms. The molecule has 0 aliphatic heterocycles. The van der Waals surface area contributed by atoms with E-state index in [1.807, 2.05) is 6.92 Å². The van der Waals surface area contributed by atoms with E-state index in [2.05, 4.69) is 62.6 Å². The highest BCUT2D eigenvalue weighted by molar-refractivity contribution is 5.93. The molecule has 162 valence electrons. The molecule has 0 heterocycles. The Kier molecular flexibility index (Phi) is 10.4. The maximum absolute atomic E-state index is 12.6. The van der Waals surface area contributed by atoms with Crippen LogP contribution in [0.15, 0.2) is 24.3 Å². The lowest BCUT2D eigenvalue weighted by Gasteiger charge is -2.25. The zero-order valence-corrected chi connectivity index (χ0v) is 18.5. The third-order valence-electron chi connectivity index (χ3n) is 4.64. The van der Waals surface area contributed by atoms with Gasteiger partial charge in [-0.25, -0.2) is 4.79 Å². The molecule has 0 fully saturated rings. The number of alkyl carbamates (subject to hydrolysis) is 1. The second-order valence-electron chi connectivity index (χ2n) is 7.68. The van der Waals surface area contributed by atoms with E-state index in [-0.39, 0.29) is 37.6 Å². The lowest BCUT2D eigenvalue weighted by Crippen LogP contribution is -2.45. The summed E-state index contributed by atoms with van der Waals surface area (Å²) in [5.74, 6) is 0.00579. The van der Waals surface area contributed by atoms with Crippen LogP contribution in [0.2, 0.25) is 0 Å². The number of carbonyl (C=O) groups excluding carboxylic acids is 3. The zero-order valence-electron chi connectivity index (χ0n) is 18.5. The first-order chi connectivity index (χ1) is 13.7. The quantitative estimate of drug-likeness (QED) is 0.624. The summed E-state index contributed by atoms with van der Waals surface area (Å²) in [6, 6.07) is 8.20. The Bertz CT molecular complexity index is 671. The molecule has 0 aromatic heterocycles. The van der Waals surface area contributed by atoms with Crippen LogP contribution in [-0.4, -0.2) is 49.0 Å². The van der Waals surface area contributed by atoms with Crippen molar-refractivity contribution in [3.05, 3.63) is 35.4 Å². The fourth-order valence-corrected chi connectivity index (χ4v) is 2.95. The van der Waals surface area contributed by atoms with Gasteiger partial charge in [0.1, 0.15) is 0 Å². The van der Waals surface area contributed by atoms with Crippen molar-refractivity contribution in [1.82, 2.24) is 15.5 Å². The number of carbonyl (C=O) groups is 3. The van der Waals surface area contributed by atoms with Gasteiger partial charge >= 0.3 is 6.09 Å². The standard InChI is InChI=1S/C22H35N3O4/c1-7-25(14-20(27)24-22(28)29-8-2)13-19(26)23-21(16(5)6)18-11-9-17(10-12-18)15(3)4/h9-12,15-16,21H,7-8,13-14H2,1-6H3,(H,23,26)(H,24,27,28)/t21-/m1/s1. The second-order valence-corrected chi connectivity index (χ2v) is 7.68. The second kappa shape index (κ2) is 12.2. The van der Waals surface area contributed by atoms with Crippen molar-refractivity contribution in [1.29, 1.82) is 0 Å². The smallest absolute Gasteiger partial charge is 0.413 e. The van der Waals surface area contributed by atoms with E-state index < -0.39 is 12.0 Å². The Morgan fingerprint density at radius 2 is 1.48 bits per heavy atom. The molecule has 0 unspecified atom stereocenters. The molecule has 0 saturated carbocycles. The SMILES string of the molecule is CCOC(=O)NC(=O)CN(CC)CC(=O)N[C@@H](c1ccc(C(C)C)cc1)C(C)C. The van der Waals surface area contributed by atoms with Crippen LogP contribution in [-0.2, 0) is 14.3 Å². The van der Waals surface area contributed by atoms with Gasteiger partial charge in [-0.15, -0.1) is 0 Å². The number of rotatable bonds is 10. The van der Waals surface area contributed by atoms with Crippen molar-refractivity contribution < 1.29 is 19.1 Å². The fourth-order valence-electron chi connectivity index (χ4n) is 2.95. The highest BCUT2D eigenvalue weighted by atomic mass is 16.5. The Hall–Kier alpha value is -2.41. The van der Waals surface area contributed by atoms with Crippen LogP contribution in [0.3, 0.4) is 0 Å². The first-order valence-corrected chi connectivity index (χ1v) is 10.3. The third kappa shape index (κ3) is 8.64. The van der Waals surface area contributed by atoms with Gasteiger partial charge in [0, 0.05) is 0 Å². The minimum absolute atomic E-state index is 0.0574. The first kappa shape index (κ1) is 24.6. The fraction of sp³-hybridized carbons (Fsp3) is 0.591. The molecule has 29 heavy (non-hydrogen) atoms. The molecule has 1 aromatic carbocycles. The lowest BCUT2D eigenvalue weighted by molar-refractivity contribution is -0.125. The van der Waals surface area contributed by atoms with E-state index in [0.717, 1.165) is 5.56 Å². The van der Waals surface area contributed by atoms with Crippen molar-refractivity contribution in [3.8, 4) is 0 Å². The molecule has 0 aliphatic rings. The molecule has 7 heteroatoms. The van der Waals surface area contributed by atoms with Crippen LogP contribution in [0, 0.1) is 5.92 Å². The molecule has 1 rings (SSSR count). The third-order valence-corrected chi connectivity index (χ3v) is 4.64. The number of imide groups is 1. The van der Waals surface area contributed by atoms with Crippen LogP contribution in [0.1, 0.15) is 64.6 Å². The molecular weight excluding hydrogens is 370 g/mol. The van der Waals surface area contributed by atoms with Crippen molar-refractivity contribution in [2.24, 2.45) is 5.92 Å². The summed E-state index contributed by atoms with van der Waals surface area (Å²) < 4.78 is 4.69. The Labute approximate surface area is 174 Å². The van der Waals surface area contributed by atoms with Gasteiger partial charge in [0.15, 0.2) is 0 Å². The summed E-state index contributed by atoms with van der Waals surface area (Å²) in [5, 5.41) is 5.22. The van der Waals surface area contributed by atoms with Crippen molar-refractivity contribution >= 4 is 17.9 Å². The predicted molar refractivity (Wildman–Crippen MR) is 114 cm³/mol. The summed E-state index contributed by atoms with van der Waals surface area (Å²) in [4.78, 5) is 37.5. The van der Waals surface area contributed by atoms with Gasteiger partial charge in [-0.05, 0) is 36.4 Å². The maximum Gasteiger partial charge on any atom is 0.413 e. The van der Waals surface area contributed by atoms with Crippen LogP contribution < -0.4 is 10.6 Å². The normalized spacial score (nSPS) is 12.2. The number of nitrogens with one attached hydrogen (secondary N) is 2. The van der Waals surface area contributed by atoms with Crippen molar-refractivity contribution in [2.75, 3.05) is 26.2 Å². The molecule has 1 aromatic rings. The molecule has 0 radical (unpaired) electrons. The highest BCUT2D eigenvalue weighted by Crippen LogP contribution is 2.24. The number of ether oxygens (including phenoxy) is 1. The molecule has 0 spiro atoms. The van der Waals surface area contributed by atoms with E-state index in [1.165, 1.54) is 5.56 Å². The van der Waals surface area contributed by atoms with E-state index in [9.17, 15) is 14.4 Å². The van der Waals surface area contributed by atoms with E-state index in [1.54, 1.807) is 11.8 Å². The van der Waals surface area contributed by atoms with Crippen LogP contribution in [0.25, 0.3) is 0 Å². The van der Waals surface area contributed by atoms with Gasteiger partial charge in [0.25, 0.3) is 0 Å². The lowest BCUT2D eigenvalue weighted by atomic mass is 9.93. The minimum atomic E-state index is -0.775. The largest absolute Gasteiger partial charge is 0.450 e. The number of hydrogen-bond donors (Lipinski definition) is 2. The van der Waals surface area contributed by atoms with E-state index in [4.69, 9.17) is 4.74 Å². The number of likely N-dealkylation sites (N-methyl/N-ethyl adjacent to an activating group) is 1. The van der Waals surface area contributed by atoms with E-state index in [0.29, 0.717) is 12.5 Å². The molecule has 7 nitrogen and oxygen atoms in total. The number of hydrogen-bond acceptors (Lipinski definition) is 5. The summed E-state index contributed by atoms with van der Waals surface area (Å²) in [6.45, 7) is 12.6. The molecular formula is C22H35N3O4. The van der Waals surface area contributed by atoms with Crippen LogP contribution in [0.4, 0.5) is 4.79 Å². The Balaban J connectivity index is 2.69. The Morgan fingerprint density at radius 1 is 0.931 bits per heavy atom. The number of amides is 3. The van der Waals surface area contributed by atoms with Gasteiger partial charge in [0.2, 0.25) is 11.8 Å². The van der Waals surface area contributed by atoms with Crippen molar-refractivity contribution in [3.63, 3.8) is 0 Å². The average molecular weight is 406 g/mol. The monoisotopic (exact) mass is 405 g/mol. The Morgan fingerprint density at radius 3 is 1.97 bits per heavy atom. The van der Waals surface area contributed by atoms with Gasteiger partial charge in [-0.3, -0.25) is 19.8 Å². The summed E-state index contributed by atoms with van der Waals surface area (Å²) >= 11 is 0. The maximum atomic E-state index is 12.6. The average Bonchev–Trinajstić information content (AvgIpc) is 2.65. The van der Waals surface area contributed by atoms with Crippen LogP contribution in [0.5, 0.6) is 0 Å². The predicted octanol–water partition coefficient (Wildman–Crippen LogP) is 3.22. The summed E-state index contributed by atoms with van der Waals surface area (Å²) in [7, 11) is 0. The summed E-state index contributed by atoms with van der Waals surface area (Å²) in [5.41, 5.74) is 2.31. The highest BCUT2D eigenvalue weighted by Gasteiger charge is 2.21. The van der Waals surface area contributed by atoms with Crippen LogP contribution >= 0.6 is 0 Å². The topological polar surface area (TPSA) is 87.7 Å². The number of benzene rings is 1. The molecule has 0 saturated heterocycles. The van der Waals surface area contributed by atoms with Gasteiger partial charge in [0.05, 0.1) is 25.7 Å². The molecule has 2 N–H and O–H groups in total. The molecule has 3 amide bonds.